The minimum absolute atomic E-state index is 0.280. The standard InChI is InChI=1S/C22H27ClN2O4/c1-3-28-19-5-4-6-20(29-14-11-25-9-12-27-13-10-25)21(19)22(26)24-17-7-8-18(23)16(2)15-17/h4-8,15H,3,9-14H2,1-2H3,(H,24,26). The van der Waals surface area contributed by atoms with Gasteiger partial charge in [-0.05, 0) is 49.7 Å². The number of hydrogen-bond acceptors (Lipinski definition) is 5. The third kappa shape index (κ3) is 5.85. The van der Waals surface area contributed by atoms with Crippen molar-refractivity contribution in [2.24, 2.45) is 0 Å². The van der Waals surface area contributed by atoms with Gasteiger partial charge in [0.1, 0.15) is 23.7 Å². The highest BCUT2D eigenvalue weighted by Crippen LogP contribution is 2.30. The van der Waals surface area contributed by atoms with Crippen molar-refractivity contribution in [2.45, 2.75) is 13.8 Å². The van der Waals surface area contributed by atoms with Gasteiger partial charge in [-0.3, -0.25) is 9.69 Å². The summed E-state index contributed by atoms with van der Waals surface area (Å²) in [5.74, 6) is 0.726. The molecule has 0 aliphatic carbocycles. The van der Waals surface area contributed by atoms with Gasteiger partial charge in [-0.2, -0.15) is 0 Å². The molecule has 1 amide bonds. The monoisotopic (exact) mass is 418 g/mol. The maximum absolute atomic E-state index is 13.1. The molecule has 0 radical (unpaired) electrons. The van der Waals surface area contributed by atoms with Crippen LogP contribution in [-0.2, 0) is 4.74 Å². The Kier molecular flexibility index (Phi) is 7.75. The molecule has 29 heavy (non-hydrogen) atoms. The minimum atomic E-state index is -0.280. The first kappa shape index (κ1) is 21.4. The number of amides is 1. The molecule has 1 heterocycles. The molecular weight excluding hydrogens is 392 g/mol. The van der Waals surface area contributed by atoms with E-state index in [2.05, 4.69) is 10.2 Å². The largest absolute Gasteiger partial charge is 0.493 e. The van der Waals surface area contributed by atoms with Gasteiger partial charge in [0.2, 0.25) is 0 Å². The molecule has 1 aliphatic rings. The van der Waals surface area contributed by atoms with Crippen molar-refractivity contribution in [1.29, 1.82) is 0 Å². The SMILES string of the molecule is CCOc1cccc(OCCN2CCOCC2)c1C(=O)Nc1ccc(Cl)c(C)c1. The highest BCUT2D eigenvalue weighted by atomic mass is 35.5. The van der Waals surface area contributed by atoms with Crippen molar-refractivity contribution < 1.29 is 19.0 Å². The number of hydrogen-bond donors (Lipinski definition) is 1. The lowest BCUT2D eigenvalue weighted by Gasteiger charge is -2.26. The quantitative estimate of drug-likeness (QED) is 0.701. The van der Waals surface area contributed by atoms with Gasteiger partial charge in [0.25, 0.3) is 5.91 Å². The number of halogens is 1. The van der Waals surface area contributed by atoms with Crippen LogP contribution < -0.4 is 14.8 Å². The Morgan fingerprint density at radius 1 is 1.17 bits per heavy atom. The van der Waals surface area contributed by atoms with Gasteiger partial charge >= 0.3 is 0 Å². The van der Waals surface area contributed by atoms with Gasteiger partial charge in [-0.15, -0.1) is 0 Å². The summed E-state index contributed by atoms with van der Waals surface area (Å²) in [6.07, 6.45) is 0. The Morgan fingerprint density at radius 3 is 2.59 bits per heavy atom. The lowest BCUT2D eigenvalue weighted by atomic mass is 10.1. The first-order valence-electron chi connectivity index (χ1n) is 9.84. The Labute approximate surface area is 176 Å². The number of nitrogens with zero attached hydrogens (tertiary/aromatic N) is 1. The molecule has 0 unspecified atom stereocenters. The number of anilines is 1. The summed E-state index contributed by atoms with van der Waals surface area (Å²) in [5, 5.41) is 3.58. The van der Waals surface area contributed by atoms with E-state index in [0.717, 1.165) is 38.4 Å². The number of carbonyl (C=O) groups excluding carboxylic acids is 1. The molecule has 2 aromatic rings. The number of rotatable bonds is 8. The average molecular weight is 419 g/mol. The minimum Gasteiger partial charge on any atom is -0.493 e. The van der Waals surface area contributed by atoms with Crippen LogP contribution in [0.4, 0.5) is 5.69 Å². The van der Waals surface area contributed by atoms with E-state index in [4.69, 9.17) is 25.8 Å². The maximum atomic E-state index is 13.1. The smallest absolute Gasteiger partial charge is 0.263 e. The number of benzene rings is 2. The molecule has 156 valence electrons. The fourth-order valence-corrected chi connectivity index (χ4v) is 3.27. The number of ether oxygens (including phenoxy) is 3. The molecule has 6 nitrogen and oxygen atoms in total. The van der Waals surface area contributed by atoms with Crippen LogP contribution in [0.3, 0.4) is 0 Å². The molecule has 0 aromatic heterocycles. The van der Waals surface area contributed by atoms with E-state index in [1.165, 1.54) is 0 Å². The van der Waals surface area contributed by atoms with Crippen LogP contribution in [-0.4, -0.2) is 56.9 Å². The molecule has 2 aromatic carbocycles. The maximum Gasteiger partial charge on any atom is 0.263 e. The summed E-state index contributed by atoms with van der Waals surface area (Å²) in [6, 6.07) is 10.8. The summed E-state index contributed by atoms with van der Waals surface area (Å²) in [6.45, 7) is 8.77. The first-order valence-corrected chi connectivity index (χ1v) is 10.2. The van der Waals surface area contributed by atoms with Crippen molar-refractivity contribution in [3.63, 3.8) is 0 Å². The topological polar surface area (TPSA) is 60.0 Å². The number of aryl methyl sites for hydroxylation is 1. The summed E-state index contributed by atoms with van der Waals surface area (Å²) < 4.78 is 17.0. The Balaban J connectivity index is 1.74. The van der Waals surface area contributed by atoms with Gasteiger partial charge in [-0.25, -0.2) is 0 Å². The van der Waals surface area contributed by atoms with Gasteiger partial charge in [0.15, 0.2) is 0 Å². The highest BCUT2D eigenvalue weighted by Gasteiger charge is 2.20. The molecule has 0 saturated carbocycles. The van der Waals surface area contributed by atoms with Crippen molar-refractivity contribution >= 4 is 23.2 Å². The van der Waals surface area contributed by atoms with Crippen LogP contribution >= 0.6 is 11.6 Å². The van der Waals surface area contributed by atoms with Crippen LogP contribution in [0.2, 0.25) is 5.02 Å². The summed E-state index contributed by atoms with van der Waals surface area (Å²) in [4.78, 5) is 15.3. The van der Waals surface area contributed by atoms with Crippen LogP contribution in [0, 0.1) is 6.92 Å². The Hall–Kier alpha value is -2.28. The number of carbonyl (C=O) groups is 1. The number of nitrogens with one attached hydrogen (secondary N) is 1. The van der Waals surface area contributed by atoms with Crippen molar-refractivity contribution in [1.82, 2.24) is 4.90 Å². The van der Waals surface area contributed by atoms with Crippen LogP contribution in [0.1, 0.15) is 22.8 Å². The average Bonchev–Trinajstić information content (AvgIpc) is 2.72. The molecular formula is C22H27ClN2O4. The molecule has 1 N–H and O–H groups in total. The molecule has 0 spiro atoms. The number of morpholine rings is 1. The highest BCUT2D eigenvalue weighted by molar-refractivity contribution is 6.31. The van der Waals surface area contributed by atoms with Gasteiger partial charge in [0.05, 0.1) is 19.8 Å². The van der Waals surface area contributed by atoms with Crippen molar-refractivity contribution in [2.75, 3.05) is 51.4 Å². The summed E-state index contributed by atoms with van der Waals surface area (Å²) in [7, 11) is 0. The second-order valence-corrected chi connectivity index (χ2v) is 7.19. The Morgan fingerprint density at radius 2 is 1.90 bits per heavy atom. The lowest BCUT2D eigenvalue weighted by Crippen LogP contribution is -2.38. The van der Waals surface area contributed by atoms with Gasteiger partial charge < -0.3 is 19.5 Å². The summed E-state index contributed by atoms with van der Waals surface area (Å²) in [5.41, 5.74) is 1.95. The second-order valence-electron chi connectivity index (χ2n) is 6.78. The van der Waals surface area contributed by atoms with Crippen LogP contribution in [0.25, 0.3) is 0 Å². The predicted octanol–water partition coefficient (Wildman–Crippen LogP) is 4.01. The van der Waals surface area contributed by atoms with E-state index in [9.17, 15) is 4.79 Å². The fraction of sp³-hybridized carbons (Fsp3) is 0.409. The zero-order valence-corrected chi connectivity index (χ0v) is 17.6. The zero-order chi connectivity index (χ0) is 20.6. The van der Waals surface area contributed by atoms with Gasteiger partial charge in [0, 0.05) is 30.3 Å². The van der Waals surface area contributed by atoms with E-state index in [1.807, 2.05) is 26.0 Å². The third-order valence-electron chi connectivity index (χ3n) is 4.70. The van der Waals surface area contributed by atoms with E-state index >= 15 is 0 Å². The zero-order valence-electron chi connectivity index (χ0n) is 16.9. The van der Waals surface area contributed by atoms with E-state index in [-0.39, 0.29) is 5.91 Å². The lowest BCUT2D eigenvalue weighted by molar-refractivity contribution is 0.0322. The van der Waals surface area contributed by atoms with Crippen LogP contribution in [0.5, 0.6) is 11.5 Å². The van der Waals surface area contributed by atoms with Crippen molar-refractivity contribution in [3.8, 4) is 11.5 Å². The first-order chi connectivity index (χ1) is 14.1. The van der Waals surface area contributed by atoms with Crippen molar-refractivity contribution in [3.05, 3.63) is 52.5 Å². The predicted molar refractivity (Wildman–Crippen MR) is 115 cm³/mol. The van der Waals surface area contributed by atoms with E-state index in [0.29, 0.717) is 41.0 Å². The normalized spacial score (nSPS) is 14.4. The van der Waals surface area contributed by atoms with E-state index < -0.39 is 0 Å². The molecule has 0 bridgehead atoms. The third-order valence-corrected chi connectivity index (χ3v) is 5.12. The molecule has 1 saturated heterocycles. The molecule has 7 heteroatoms. The van der Waals surface area contributed by atoms with Gasteiger partial charge in [-0.1, -0.05) is 17.7 Å². The molecule has 1 aliphatic heterocycles. The van der Waals surface area contributed by atoms with Crippen LogP contribution in [0.15, 0.2) is 36.4 Å². The Bertz CT molecular complexity index is 838. The molecule has 3 rings (SSSR count). The summed E-state index contributed by atoms with van der Waals surface area (Å²) >= 11 is 6.08. The molecule has 0 atom stereocenters. The second kappa shape index (κ2) is 10.5. The molecule has 1 fully saturated rings. The fourth-order valence-electron chi connectivity index (χ4n) is 3.16. The van der Waals surface area contributed by atoms with E-state index in [1.54, 1.807) is 24.3 Å².